The van der Waals surface area contributed by atoms with Crippen molar-refractivity contribution in [3.05, 3.63) is 49.6 Å². The highest BCUT2D eigenvalue weighted by Crippen LogP contribution is 2.66. The van der Waals surface area contributed by atoms with Gasteiger partial charge in [0.15, 0.2) is 18.1 Å². The maximum Gasteiger partial charge on any atom is 0.339 e. The Morgan fingerprint density at radius 3 is 2.30 bits per heavy atom. The van der Waals surface area contributed by atoms with Crippen LogP contribution in [0.25, 0.3) is 0 Å². The highest BCUT2D eigenvalue weighted by molar-refractivity contribution is 5.98. The quantitative estimate of drug-likeness (QED) is 0.210. The fourth-order valence-electron chi connectivity index (χ4n) is 8.78. The maximum absolute atomic E-state index is 13.8. The Labute approximate surface area is 246 Å². The zero-order valence-corrected chi connectivity index (χ0v) is 24.0. The van der Waals surface area contributed by atoms with E-state index in [1.54, 1.807) is 13.0 Å². The molecular formula is C30H33N3O10. The number of esters is 1. The number of hydrogen-bond acceptors (Lipinski definition) is 11. The van der Waals surface area contributed by atoms with Crippen molar-refractivity contribution < 1.29 is 38.9 Å². The molecule has 4 aliphatic carbocycles. The van der Waals surface area contributed by atoms with Gasteiger partial charge < -0.3 is 14.7 Å². The third-order valence-electron chi connectivity index (χ3n) is 11.1. The van der Waals surface area contributed by atoms with Gasteiger partial charge in [-0.1, -0.05) is 19.4 Å². The van der Waals surface area contributed by atoms with Crippen LogP contribution < -0.4 is 4.90 Å². The smallest absolute Gasteiger partial charge is 0.339 e. The predicted octanol–water partition coefficient (Wildman–Crippen LogP) is 3.49. The number of Topliss-reactive ketones (excluding diaryl/α,β-unsaturated/α-hetero) is 2. The monoisotopic (exact) mass is 595 g/mol. The number of anilines is 1. The maximum atomic E-state index is 13.8. The van der Waals surface area contributed by atoms with Crippen LogP contribution in [0.1, 0.15) is 69.2 Å². The number of nitro groups is 2. The zero-order chi connectivity index (χ0) is 31.1. The first-order chi connectivity index (χ1) is 20.2. The number of rotatable bonds is 7. The van der Waals surface area contributed by atoms with Gasteiger partial charge >= 0.3 is 17.3 Å². The molecule has 6 unspecified atom stereocenters. The third kappa shape index (κ3) is 4.30. The molecule has 228 valence electrons. The zero-order valence-electron chi connectivity index (χ0n) is 24.0. The van der Waals surface area contributed by atoms with E-state index < -0.39 is 61.6 Å². The molecule has 1 aromatic rings. The Balaban J connectivity index is 1.22. The molecule has 43 heavy (non-hydrogen) atoms. The van der Waals surface area contributed by atoms with Gasteiger partial charge in [0.1, 0.15) is 11.4 Å². The first-order valence-electron chi connectivity index (χ1n) is 14.6. The minimum Gasteiger partial charge on any atom is -0.454 e. The molecule has 1 heterocycles. The highest BCUT2D eigenvalue weighted by Gasteiger charge is 2.68. The number of ketones is 3. The van der Waals surface area contributed by atoms with E-state index in [9.17, 15) is 44.5 Å². The van der Waals surface area contributed by atoms with E-state index in [0.717, 1.165) is 17.7 Å². The lowest BCUT2D eigenvalue weighted by Crippen LogP contribution is -2.61. The number of carbonyl (C=O) groups excluding carboxylic acids is 4. The van der Waals surface area contributed by atoms with Gasteiger partial charge in [-0.05, 0) is 55.4 Å². The van der Waals surface area contributed by atoms with Crippen LogP contribution in [-0.4, -0.2) is 63.6 Å². The fraction of sp³-hybridized carbons (Fsp3) is 0.600. The summed E-state index contributed by atoms with van der Waals surface area (Å²) < 4.78 is 5.18. The Hall–Kier alpha value is -4.00. The van der Waals surface area contributed by atoms with Crippen LogP contribution in [0.3, 0.4) is 0 Å². The van der Waals surface area contributed by atoms with Crippen molar-refractivity contribution in [2.24, 2.45) is 28.6 Å². The molecule has 4 fully saturated rings. The van der Waals surface area contributed by atoms with E-state index in [2.05, 4.69) is 6.92 Å². The summed E-state index contributed by atoms with van der Waals surface area (Å²) in [6.07, 6.45) is 4.61. The molecule has 0 bridgehead atoms. The minimum atomic E-state index is -1.95. The lowest BCUT2D eigenvalue weighted by atomic mass is 9.46. The molecule has 5 aliphatic rings. The molecule has 0 spiro atoms. The van der Waals surface area contributed by atoms with Gasteiger partial charge in [-0.25, -0.2) is 4.79 Å². The summed E-state index contributed by atoms with van der Waals surface area (Å²) in [4.78, 5) is 75.5. The summed E-state index contributed by atoms with van der Waals surface area (Å²) in [7, 11) is 0. The number of nitro benzene ring substituents is 2. The second-order valence-electron chi connectivity index (χ2n) is 13.2. The normalized spacial score (nSPS) is 34.4. The summed E-state index contributed by atoms with van der Waals surface area (Å²) in [5, 5.41) is 35.2. The van der Waals surface area contributed by atoms with Crippen molar-refractivity contribution in [2.75, 3.05) is 24.6 Å². The van der Waals surface area contributed by atoms with Crippen molar-refractivity contribution in [3.63, 3.8) is 0 Å². The Kier molecular flexibility index (Phi) is 6.60. The highest BCUT2D eigenvalue weighted by atomic mass is 16.6. The van der Waals surface area contributed by atoms with Crippen LogP contribution in [0.4, 0.5) is 17.1 Å². The summed E-state index contributed by atoms with van der Waals surface area (Å²) in [5.41, 5.74) is -4.33. The van der Waals surface area contributed by atoms with E-state index in [1.807, 2.05) is 0 Å². The van der Waals surface area contributed by atoms with Crippen LogP contribution >= 0.6 is 0 Å². The lowest BCUT2D eigenvalue weighted by molar-refractivity contribution is -0.392. The Morgan fingerprint density at radius 1 is 1.05 bits per heavy atom. The number of aliphatic hydroxyl groups is 1. The SMILES string of the molecule is CC12CCC(=O)C=C1CCC1C2C(=O)CC2(C)C1CCC2(O)C(=O)COC(=O)c1cc([N+](=O)[O-])c(N2CC2)c([N+](=O)[O-])c1. The van der Waals surface area contributed by atoms with Crippen molar-refractivity contribution in [2.45, 2.75) is 64.4 Å². The van der Waals surface area contributed by atoms with Gasteiger partial charge in [-0.3, -0.25) is 34.6 Å². The molecule has 3 saturated carbocycles. The number of allylic oxidation sites excluding steroid dienone is 1. The van der Waals surface area contributed by atoms with Crippen LogP contribution in [0.5, 0.6) is 0 Å². The largest absolute Gasteiger partial charge is 0.454 e. The molecule has 1 aliphatic heterocycles. The molecule has 0 aromatic heterocycles. The average molecular weight is 596 g/mol. The topological polar surface area (TPSA) is 187 Å². The first kappa shape index (κ1) is 29.1. The number of carbonyl (C=O) groups is 4. The molecule has 0 radical (unpaired) electrons. The number of benzene rings is 1. The van der Waals surface area contributed by atoms with Crippen molar-refractivity contribution in [1.29, 1.82) is 0 Å². The van der Waals surface area contributed by atoms with E-state index in [-0.39, 0.29) is 47.8 Å². The van der Waals surface area contributed by atoms with Crippen molar-refractivity contribution in [3.8, 4) is 0 Å². The van der Waals surface area contributed by atoms with E-state index in [0.29, 0.717) is 45.2 Å². The summed E-state index contributed by atoms with van der Waals surface area (Å²) >= 11 is 0. The summed E-state index contributed by atoms with van der Waals surface area (Å²) in [6, 6.07) is 1.78. The van der Waals surface area contributed by atoms with Gasteiger partial charge in [-0.2, -0.15) is 0 Å². The second-order valence-corrected chi connectivity index (χ2v) is 13.2. The van der Waals surface area contributed by atoms with Crippen LogP contribution in [-0.2, 0) is 19.1 Å². The van der Waals surface area contributed by atoms with Gasteiger partial charge in [-0.15, -0.1) is 0 Å². The summed E-state index contributed by atoms with van der Waals surface area (Å²) in [5.74, 6) is -2.41. The van der Waals surface area contributed by atoms with Gasteiger partial charge in [0.25, 0.3) is 0 Å². The number of fused-ring (bicyclic) bond motifs is 5. The van der Waals surface area contributed by atoms with Crippen LogP contribution in [0.2, 0.25) is 0 Å². The Morgan fingerprint density at radius 2 is 1.70 bits per heavy atom. The second kappa shape index (κ2) is 9.76. The molecule has 13 nitrogen and oxygen atoms in total. The molecule has 0 amide bonds. The Bertz CT molecular complexity index is 1500. The molecule has 1 N–H and O–H groups in total. The molecule has 1 aromatic carbocycles. The van der Waals surface area contributed by atoms with Crippen molar-refractivity contribution >= 4 is 40.4 Å². The summed E-state index contributed by atoms with van der Waals surface area (Å²) in [6.45, 7) is 3.74. The number of nitrogens with zero attached hydrogens (tertiary/aromatic N) is 3. The van der Waals surface area contributed by atoms with Crippen LogP contribution in [0.15, 0.2) is 23.8 Å². The van der Waals surface area contributed by atoms with E-state index in [1.165, 1.54) is 4.90 Å². The van der Waals surface area contributed by atoms with E-state index >= 15 is 0 Å². The lowest BCUT2D eigenvalue weighted by Gasteiger charge is -2.57. The minimum absolute atomic E-state index is 0.0256. The number of hydrogen-bond donors (Lipinski definition) is 1. The van der Waals surface area contributed by atoms with Gasteiger partial charge in [0.05, 0.1) is 15.4 Å². The fourth-order valence-corrected chi connectivity index (χ4v) is 8.78. The van der Waals surface area contributed by atoms with Gasteiger partial charge in [0, 0.05) is 49.4 Å². The number of ether oxygens (including phenoxy) is 1. The van der Waals surface area contributed by atoms with Gasteiger partial charge in [0.2, 0.25) is 5.78 Å². The predicted molar refractivity (Wildman–Crippen MR) is 149 cm³/mol. The standard InChI is InChI=1S/C30H33N3O10/c1-28-7-5-18(34)13-17(28)3-4-19-20-6-8-30(38,29(20,2)14-23(35)25(19)28)24(36)15-43-27(37)16-11-21(32(39)40)26(31-9-10-31)22(12-16)33(41)42/h11-13,19-20,25,38H,3-10,14-15H2,1-2H3. The van der Waals surface area contributed by atoms with Crippen molar-refractivity contribution in [1.82, 2.24) is 0 Å². The van der Waals surface area contributed by atoms with E-state index in [4.69, 9.17) is 4.74 Å². The average Bonchev–Trinajstić information content (AvgIpc) is 3.75. The van der Waals surface area contributed by atoms with Crippen LogP contribution in [0, 0.1) is 48.8 Å². The molecule has 6 atom stereocenters. The first-order valence-corrected chi connectivity index (χ1v) is 14.6. The third-order valence-corrected chi connectivity index (χ3v) is 11.1. The molecule has 6 rings (SSSR count). The molecular weight excluding hydrogens is 562 g/mol. The molecule has 13 heteroatoms. The molecule has 1 saturated heterocycles.